The number of carbonyl (C=O) groups is 1. The van der Waals surface area contributed by atoms with Crippen molar-refractivity contribution in [3.8, 4) is 0 Å². The first kappa shape index (κ1) is 16.0. The highest BCUT2D eigenvalue weighted by Gasteiger charge is 2.70. The third-order valence-electron chi connectivity index (χ3n) is 8.58. The molecule has 2 nitrogen and oxygen atoms in total. The molecule has 0 aromatic rings. The minimum atomic E-state index is -0.176. The molecule has 23 heavy (non-hydrogen) atoms. The van der Waals surface area contributed by atoms with Gasteiger partial charge in [-0.1, -0.05) is 26.7 Å². The van der Waals surface area contributed by atoms with Crippen LogP contribution in [0, 0.1) is 52.8 Å². The van der Waals surface area contributed by atoms with E-state index in [-0.39, 0.29) is 11.4 Å². The number of carbonyl (C=O) groups excluding carboxylic acids is 1. The highest BCUT2D eigenvalue weighted by atomic mass is 16.5. The van der Waals surface area contributed by atoms with Gasteiger partial charge in [-0.2, -0.15) is 0 Å². The molecule has 4 rings (SSSR count). The third-order valence-corrected chi connectivity index (χ3v) is 8.58. The highest BCUT2D eigenvalue weighted by Crippen LogP contribution is 2.74. The van der Waals surface area contributed by atoms with Crippen LogP contribution in [-0.4, -0.2) is 12.6 Å². The first-order valence-corrected chi connectivity index (χ1v) is 10.2. The predicted octanol–water partition coefficient (Wildman–Crippen LogP) is 4.92. The molecule has 4 saturated carbocycles. The fraction of sp³-hybridized carbons (Fsp3) is 0.952. The van der Waals surface area contributed by atoms with Crippen LogP contribution in [0.3, 0.4) is 0 Å². The smallest absolute Gasteiger partial charge is 0.312 e. The van der Waals surface area contributed by atoms with Crippen LogP contribution in [0.4, 0.5) is 0 Å². The van der Waals surface area contributed by atoms with Crippen molar-refractivity contribution >= 4 is 5.97 Å². The first-order chi connectivity index (χ1) is 11.0. The summed E-state index contributed by atoms with van der Waals surface area (Å²) < 4.78 is 5.48. The van der Waals surface area contributed by atoms with Crippen LogP contribution in [0.5, 0.6) is 0 Å². The molecule has 4 fully saturated rings. The standard InChI is InChI=1S/C21H34O2/c1-5-7-8-14-12(3)15-10-16(14)19-17-9-13(18(15)19)11-21(17,4)20(22)23-6-2/h12-19H,5-11H2,1-4H3. The number of fused-ring (bicyclic) bond motifs is 9. The van der Waals surface area contributed by atoms with Crippen LogP contribution in [0.2, 0.25) is 0 Å². The average Bonchev–Trinajstić information content (AvgIpc) is 3.22. The van der Waals surface area contributed by atoms with Gasteiger partial charge >= 0.3 is 5.97 Å². The Morgan fingerprint density at radius 3 is 2.65 bits per heavy atom. The second-order valence-corrected chi connectivity index (χ2v) is 9.33. The molecule has 0 amide bonds. The summed E-state index contributed by atoms with van der Waals surface area (Å²) in [7, 11) is 0. The predicted molar refractivity (Wildman–Crippen MR) is 91.7 cm³/mol. The van der Waals surface area contributed by atoms with Gasteiger partial charge in [-0.3, -0.25) is 4.79 Å². The maximum atomic E-state index is 12.6. The fourth-order valence-corrected chi connectivity index (χ4v) is 7.85. The molecule has 0 aliphatic heterocycles. The van der Waals surface area contributed by atoms with Gasteiger partial charge in [0, 0.05) is 0 Å². The molecule has 2 heteroatoms. The Labute approximate surface area is 141 Å². The van der Waals surface area contributed by atoms with Crippen LogP contribution in [-0.2, 0) is 9.53 Å². The van der Waals surface area contributed by atoms with Crippen molar-refractivity contribution in [3.05, 3.63) is 0 Å². The van der Waals surface area contributed by atoms with E-state index < -0.39 is 0 Å². The molecule has 9 atom stereocenters. The van der Waals surface area contributed by atoms with Gasteiger partial charge in [0.25, 0.3) is 0 Å². The zero-order chi connectivity index (χ0) is 16.4. The number of hydrogen-bond acceptors (Lipinski definition) is 2. The molecule has 0 N–H and O–H groups in total. The Hall–Kier alpha value is -0.530. The summed E-state index contributed by atoms with van der Waals surface area (Å²) in [6, 6.07) is 0. The van der Waals surface area contributed by atoms with Crippen LogP contribution in [0.1, 0.15) is 66.2 Å². The molecule has 0 aromatic carbocycles. The summed E-state index contributed by atoms with van der Waals surface area (Å²) in [5, 5.41) is 0. The second kappa shape index (κ2) is 5.49. The van der Waals surface area contributed by atoms with Gasteiger partial charge in [-0.25, -0.2) is 0 Å². The maximum Gasteiger partial charge on any atom is 0.312 e. The van der Waals surface area contributed by atoms with Crippen LogP contribution in [0.15, 0.2) is 0 Å². The van der Waals surface area contributed by atoms with Crippen LogP contribution >= 0.6 is 0 Å². The Kier molecular flexibility index (Phi) is 3.81. The minimum absolute atomic E-state index is 0.104. The summed E-state index contributed by atoms with van der Waals surface area (Å²) >= 11 is 0. The van der Waals surface area contributed by atoms with Gasteiger partial charge in [-0.15, -0.1) is 0 Å². The molecule has 9 unspecified atom stereocenters. The van der Waals surface area contributed by atoms with E-state index in [1.54, 1.807) is 0 Å². The lowest BCUT2D eigenvalue weighted by Crippen LogP contribution is -2.46. The quantitative estimate of drug-likeness (QED) is 0.531. The number of hydrogen-bond donors (Lipinski definition) is 0. The van der Waals surface area contributed by atoms with Crippen molar-refractivity contribution in [2.45, 2.75) is 66.2 Å². The van der Waals surface area contributed by atoms with E-state index in [0.717, 1.165) is 47.8 Å². The molecule has 130 valence electrons. The first-order valence-electron chi connectivity index (χ1n) is 10.2. The van der Waals surface area contributed by atoms with Crippen molar-refractivity contribution in [2.24, 2.45) is 52.8 Å². The number of rotatable bonds is 5. The lowest BCUT2D eigenvalue weighted by Gasteiger charge is -2.47. The van der Waals surface area contributed by atoms with Crippen LogP contribution in [0.25, 0.3) is 0 Å². The largest absolute Gasteiger partial charge is 0.466 e. The second-order valence-electron chi connectivity index (χ2n) is 9.33. The van der Waals surface area contributed by atoms with Crippen molar-refractivity contribution < 1.29 is 9.53 Å². The van der Waals surface area contributed by atoms with Gasteiger partial charge in [0.15, 0.2) is 0 Å². The van der Waals surface area contributed by atoms with Gasteiger partial charge < -0.3 is 4.74 Å². The Morgan fingerprint density at radius 1 is 1.17 bits per heavy atom. The third kappa shape index (κ3) is 2.02. The zero-order valence-corrected chi connectivity index (χ0v) is 15.4. The summed E-state index contributed by atoms with van der Waals surface area (Å²) in [4.78, 5) is 12.6. The van der Waals surface area contributed by atoms with Gasteiger partial charge in [0.1, 0.15) is 0 Å². The molecule has 4 aliphatic rings. The number of unbranched alkanes of at least 4 members (excludes halogenated alkanes) is 1. The van der Waals surface area contributed by atoms with E-state index in [4.69, 9.17) is 4.74 Å². The van der Waals surface area contributed by atoms with Crippen molar-refractivity contribution in [1.29, 1.82) is 0 Å². The van der Waals surface area contributed by atoms with Gasteiger partial charge in [0.05, 0.1) is 12.0 Å². The Morgan fingerprint density at radius 2 is 1.96 bits per heavy atom. The van der Waals surface area contributed by atoms with Crippen LogP contribution < -0.4 is 0 Å². The van der Waals surface area contributed by atoms with E-state index in [1.807, 2.05) is 6.92 Å². The lowest BCUT2D eigenvalue weighted by atomic mass is 9.57. The summed E-state index contributed by atoms with van der Waals surface area (Å²) in [6.07, 6.45) is 8.02. The molecular weight excluding hydrogens is 284 g/mol. The van der Waals surface area contributed by atoms with E-state index in [2.05, 4.69) is 20.8 Å². The summed E-state index contributed by atoms with van der Waals surface area (Å²) in [5.74, 6) is 7.06. The SMILES string of the molecule is CCCCC1C(C)C2CC1C1C2C2CC1C(C)(C(=O)OCC)C2. The van der Waals surface area contributed by atoms with Gasteiger partial charge in [0.2, 0.25) is 0 Å². The normalized spacial score (nSPS) is 52.9. The molecule has 4 bridgehead atoms. The van der Waals surface area contributed by atoms with E-state index >= 15 is 0 Å². The van der Waals surface area contributed by atoms with Crippen molar-refractivity contribution in [3.63, 3.8) is 0 Å². The fourth-order valence-electron chi connectivity index (χ4n) is 7.85. The Balaban J connectivity index is 1.57. The average molecular weight is 319 g/mol. The van der Waals surface area contributed by atoms with E-state index in [1.165, 1.54) is 32.1 Å². The molecule has 0 aromatic heterocycles. The molecule has 0 radical (unpaired) electrons. The topological polar surface area (TPSA) is 26.3 Å². The minimum Gasteiger partial charge on any atom is -0.466 e. The van der Waals surface area contributed by atoms with Gasteiger partial charge in [-0.05, 0) is 86.9 Å². The zero-order valence-electron chi connectivity index (χ0n) is 15.4. The molecular formula is C21H34O2. The molecule has 0 saturated heterocycles. The maximum absolute atomic E-state index is 12.6. The number of ether oxygens (including phenoxy) is 1. The highest BCUT2D eigenvalue weighted by molar-refractivity contribution is 5.77. The molecule has 0 spiro atoms. The molecule has 0 heterocycles. The summed E-state index contributed by atoms with van der Waals surface area (Å²) in [5.41, 5.74) is -0.176. The monoisotopic (exact) mass is 318 g/mol. The molecule has 4 aliphatic carbocycles. The van der Waals surface area contributed by atoms with E-state index in [0.29, 0.717) is 12.5 Å². The number of esters is 1. The van der Waals surface area contributed by atoms with E-state index in [9.17, 15) is 4.79 Å². The van der Waals surface area contributed by atoms with Crippen molar-refractivity contribution in [2.75, 3.05) is 6.61 Å². The van der Waals surface area contributed by atoms with Crippen molar-refractivity contribution in [1.82, 2.24) is 0 Å². The summed E-state index contributed by atoms with van der Waals surface area (Å²) in [6.45, 7) is 9.55. The lowest BCUT2D eigenvalue weighted by molar-refractivity contribution is -0.161. The Bertz CT molecular complexity index is 486.